The van der Waals surface area contributed by atoms with Gasteiger partial charge in [-0.15, -0.1) is 0 Å². The van der Waals surface area contributed by atoms with E-state index in [0.29, 0.717) is 29.1 Å². The van der Waals surface area contributed by atoms with E-state index in [1.807, 2.05) is 19.9 Å². The molecule has 1 aromatic rings. The smallest absolute Gasteiger partial charge is 0.260 e. The molecule has 1 fully saturated rings. The summed E-state index contributed by atoms with van der Waals surface area (Å²) in [5.41, 5.74) is 2.08. The number of aliphatic hydroxyl groups is 1. The third-order valence-corrected chi connectivity index (χ3v) is 5.35. The Morgan fingerprint density at radius 2 is 2.00 bits per heavy atom. The topological polar surface area (TPSA) is 65.0 Å². The number of aliphatic hydroxyl groups excluding tert-OH is 1. The molecule has 0 aromatic heterocycles. The van der Waals surface area contributed by atoms with Crippen LogP contribution in [0.5, 0.6) is 0 Å². The molecule has 0 radical (unpaired) electrons. The molecule has 0 aliphatic carbocycles. The van der Waals surface area contributed by atoms with Crippen molar-refractivity contribution in [2.45, 2.75) is 19.4 Å². The Bertz CT molecular complexity index is 839. The highest BCUT2D eigenvalue weighted by Gasteiger charge is 2.40. The number of β-amino-alcohol motifs (C(OH)–C–C–N with tert-alkyl or cyclic N) is 1. The molecule has 7 heteroatoms. The number of anilines is 1. The SMILES string of the molecule is CC1(C)O/C(=C2/C(=O)Nc3cc(F)ccc32)C=C1N1CCN(CCO)CC1. The normalized spacial score (nSPS) is 24.5. The predicted molar refractivity (Wildman–Crippen MR) is 100 cm³/mol. The minimum absolute atomic E-state index is 0.169. The fourth-order valence-electron chi connectivity index (χ4n) is 3.99. The second-order valence-electron chi connectivity index (χ2n) is 7.58. The summed E-state index contributed by atoms with van der Waals surface area (Å²) >= 11 is 0. The predicted octanol–water partition coefficient (Wildman–Crippen LogP) is 1.79. The highest BCUT2D eigenvalue weighted by atomic mass is 19.1. The summed E-state index contributed by atoms with van der Waals surface area (Å²) in [4.78, 5) is 17.0. The van der Waals surface area contributed by atoms with E-state index in [9.17, 15) is 9.18 Å². The van der Waals surface area contributed by atoms with Crippen molar-refractivity contribution in [1.82, 2.24) is 9.80 Å². The lowest BCUT2D eigenvalue weighted by atomic mass is 10.0. The molecule has 6 nitrogen and oxygen atoms in total. The molecule has 0 bridgehead atoms. The molecule has 144 valence electrons. The molecule has 1 amide bonds. The Balaban J connectivity index is 1.65. The largest absolute Gasteiger partial charge is 0.481 e. The van der Waals surface area contributed by atoms with E-state index in [-0.39, 0.29) is 18.3 Å². The number of carbonyl (C=O) groups is 1. The summed E-state index contributed by atoms with van der Waals surface area (Å²) in [6.45, 7) is 8.28. The maximum atomic E-state index is 13.5. The van der Waals surface area contributed by atoms with Gasteiger partial charge in [0.15, 0.2) is 0 Å². The average molecular weight is 373 g/mol. The van der Waals surface area contributed by atoms with Crippen LogP contribution in [0.4, 0.5) is 10.1 Å². The quantitative estimate of drug-likeness (QED) is 0.791. The third-order valence-electron chi connectivity index (χ3n) is 5.35. The lowest BCUT2D eigenvalue weighted by Gasteiger charge is -2.39. The number of carbonyl (C=O) groups excluding carboxylic acids is 1. The van der Waals surface area contributed by atoms with Crippen molar-refractivity contribution in [3.8, 4) is 0 Å². The van der Waals surface area contributed by atoms with Crippen molar-refractivity contribution in [2.75, 3.05) is 44.6 Å². The van der Waals surface area contributed by atoms with Gasteiger partial charge in [0.1, 0.15) is 17.2 Å². The number of halogens is 1. The Labute approximate surface area is 157 Å². The van der Waals surface area contributed by atoms with Gasteiger partial charge in [-0.2, -0.15) is 0 Å². The molecule has 0 atom stereocenters. The number of allylic oxidation sites excluding steroid dienone is 1. The van der Waals surface area contributed by atoms with Crippen LogP contribution < -0.4 is 5.32 Å². The Morgan fingerprint density at radius 1 is 1.26 bits per heavy atom. The fourth-order valence-corrected chi connectivity index (χ4v) is 3.99. The molecule has 3 heterocycles. The van der Waals surface area contributed by atoms with Crippen molar-refractivity contribution >= 4 is 17.2 Å². The van der Waals surface area contributed by atoms with E-state index in [4.69, 9.17) is 9.84 Å². The zero-order valence-corrected chi connectivity index (χ0v) is 15.6. The number of benzene rings is 1. The first-order valence-corrected chi connectivity index (χ1v) is 9.24. The van der Waals surface area contributed by atoms with E-state index >= 15 is 0 Å². The van der Waals surface area contributed by atoms with Crippen LogP contribution in [0, 0.1) is 5.82 Å². The summed E-state index contributed by atoms with van der Waals surface area (Å²) in [7, 11) is 0. The van der Waals surface area contributed by atoms with E-state index in [0.717, 1.165) is 31.9 Å². The monoisotopic (exact) mass is 373 g/mol. The van der Waals surface area contributed by atoms with Crippen LogP contribution in [-0.4, -0.2) is 65.7 Å². The number of piperazine rings is 1. The van der Waals surface area contributed by atoms with E-state index in [2.05, 4.69) is 15.1 Å². The van der Waals surface area contributed by atoms with E-state index in [1.165, 1.54) is 12.1 Å². The van der Waals surface area contributed by atoms with Crippen molar-refractivity contribution in [1.29, 1.82) is 0 Å². The van der Waals surface area contributed by atoms with Gasteiger partial charge in [0, 0.05) is 44.4 Å². The molecule has 3 aliphatic rings. The molecule has 0 saturated carbocycles. The van der Waals surface area contributed by atoms with Crippen molar-refractivity contribution in [3.05, 3.63) is 47.1 Å². The zero-order valence-electron chi connectivity index (χ0n) is 15.6. The minimum atomic E-state index is -0.551. The van der Waals surface area contributed by atoms with Gasteiger partial charge < -0.3 is 20.1 Å². The molecule has 1 saturated heterocycles. The number of amides is 1. The van der Waals surface area contributed by atoms with Crippen molar-refractivity contribution in [2.24, 2.45) is 0 Å². The molecule has 2 N–H and O–H groups in total. The van der Waals surface area contributed by atoms with E-state index < -0.39 is 5.60 Å². The highest BCUT2D eigenvalue weighted by molar-refractivity contribution is 6.32. The second-order valence-corrected chi connectivity index (χ2v) is 7.58. The third kappa shape index (κ3) is 3.21. The average Bonchev–Trinajstić information content (AvgIpc) is 3.10. The van der Waals surface area contributed by atoms with Crippen molar-refractivity contribution < 1.29 is 19.0 Å². The fraction of sp³-hybridized carbons (Fsp3) is 0.450. The van der Waals surface area contributed by atoms with Crippen LogP contribution in [-0.2, 0) is 9.53 Å². The molecule has 0 unspecified atom stereocenters. The molecule has 4 rings (SSSR count). The van der Waals surface area contributed by atoms with Gasteiger partial charge in [0.05, 0.1) is 23.6 Å². The van der Waals surface area contributed by atoms with Gasteiger partial charge in [-0.1, -0.05) is 0 Å². The van der Waals surface area contributed by atoms with Crippen LogP contribution in [0.3, 0.4) is 0 Å². The number of nitrogens with zero attached hydrogens (tertiary/aromatic N) is 2. The number of fused-ring (bicyclic) bond motifs is 1. The summed E-state index contributed by atoms with van der Waals surface area (Å²) < 4.78 is 19.6. The number of hydrogen-bond acceptors (Lipinski definition) is 5. The van der Waals surface area contributed by atoms with Gasteiger partial charge >= 0.3 is 0 Å². The maximum Gasteiger partial charge on any atom is 0.260 e. The Kier molecular flexibility index (Phi) is 4.44. The lowest BCUT2D eigenvalue weighted by molar-refractivity contribution is -0.111. The molecular formula is C20H24FN3O3. The lowest BCUT2D eigenvalue weighted by Crippen LogP contribution is -2.49. The summed E-state index contributed by atoms with van der Waals surface area (Å²) in [6.07, 6.45) is 1.94. The molecule has 0 spiro atoms. The number of rotatable bonds is 3. The van der Waals surface area contributed by atoms with Gasteiger partial charge in [0.2, 0.25) is 0 Å². The molecule has 27 heavy (non-hydrogen) atoms. The highest BCUT2D eigenvalue weighted by Crippen LogP contribution is 2.42. The van der Waals surface area contributed by atoms with Crippen LogP contribution in [0.15, 0.2) is 35.7 Å². The van der Waals surface area contributed by atoms with Gasteiger partial charge in [0.25, 0.3) is 5.91 Å². The Hall–Kier alpha value is -2.38. The van der Waals surface area contributed by atoms with Crippen LogP contribution >= 0.6 is 0 Å². The van der Waals surface area contributed by atoms with Gasteiger partial charge in [-0.25, -0.2) is 4.39 Å². The molecular weight excluding hydrogens is 349 g/mol. The summed E-state index contributed by atoms with van der Waals surface area (Å²) in [5.74, 6) is -0.132. The summed E-state index contributed by atoms with van der Waals surface area (Å²) in [5, 5.41) is 11.8. The van der Waals surface area contributed by atoms with Crippen LogP contribution in [0.2, 0.25) is 0 Å². The maximum absolute atomic E-state index is 13.5. The number of hydrogen-bond donors (Lipinski definition) is 2. The van der Waals surface area contributed by atoms with Crippen LogP contribution in [0.25, 0.3) is 5.57 Å². The second kappa shape index (κ2) is 6.65. The number of nitrogens with one attached hydrogen (secondary N) is 1. The van der Waals surface area contributed by atoms with Gasteiger partial charge in [-0.05, 0) is 32.0 Å². The first-order valence-electron chi connectivity index (χ1n) is 9.24. The summed E-state index contributed by atoms with van der Waals surface area (Å²) in [6, 6.07) is 4.29. The minimum Gasteiger partial charge on any atom is -0.481 e. The zero-order chi connectivity index (χ0) is 19.2. The molecule has 3 aliphatic heterocycles. The number of ether oxygens (including phenoxy) is 1. The van der Waals surface area contributed by atoms with Crippen LogP contribution in [0.1, 0.15) is 19.4 Å². The standard InChI is InChI=1S/C20H24FN3O3/c1-20(2)17(24-7-5-23(6-8-24)9-10-25)12-16(27-20)18-14-4-3-13(21)11-15(14)22-19(18)26/h3-4,11-12,25H,5-10H2,1-2H3,(H,22,26)/b18-16+. The van der Waals surface area contributed by atoms with Gasteiger partial charge in [-0.3, -0.25) is 9.69 Å². The van der Waals surface area contributed by atoms with Crippen molar-refractivity contribution in [3.63, 3.8) is 0 Å². The molecule has 1 aromatic carbocycles. The first-order chi connectivity index (χ1) is 12.9. The van der Waals surface area contributed by atoms with E-state index in [1.54, 1.807) is 6.07 Å². The Morgan fingerprint density at radius 3 is 2.70 bits per heavy atom. The first kappa shape index (κ1) is 18.0.